The van der Waals surface area contributed by atoms with Crippen LogP contribution >= 0.6 is 0 Å². The molecular formula is C13H11N3O2. The van der Waals surface area contributed by atoms with Crippen LogP contribution in [0.5, 0.6) is 0 Å². The number of hydrogen-bond acceptors (Lipinski definition) is 2. The maximum absolute atomic E-state index is 11.1. The molecule has 0 radical (unpaired) electrons. The Balaban J connectivity index is 2.32. The average Bonchev–Trinajstić information content (AvgIpc) is 2.96. The Morgan fingerprint density at radius 3 is 3.00 bits per heavy atom. The Kier molecular flexibility index (Phi) is 2.19. The number of nitrogens with one attached hydrogen (secondary N) is 1. The summed E-state index contributed by atoms with van der Waals surface area (Å²) < 4.78 is 2.00. The molecule has 0 atom stereocenters. The lowest BCUT2D eigenvalue weighted by Gasteiger charge is -2.03. The zero-order valence-corrected chi connectivity index (χ0v) is 9.71. The molecule has 5 nitrogen and oxygen atoms in total. The fraction of sp³-hybridized carbons (Fsp3) is 0.0769. The fourth-order valence-electron chi connectivity index (χ4n) is 2.17. The van der Waals surface area contributed by atoms with E-state index in [1.807, 2.05) is 42.1 Å². The number of carbonyl (C=O) groups is 1. The van der Waals surface area contributed by atoms with Gasteiger partial charge in [0.25, 0.3) is 0 Å². The van der Waals surface area contributed by atoms with Gasteiger partial charge in [0.2, 0.25) is 0 Å². The number of hydrogen-bond donors (Lipinski definition) is 2. The molecule has 3 aromatic rings. The summed E-state index contributed by atoms with van der Waals surface area (Å²) in [5, 5.41) is 16.7. The van der Waals surface area contributed by atoms with Gasteiger partial charge in [-0.15, -0.1) is 0 Å². The molecule has 0 unspecified atom stereocenters. The lowest BCUT2D eigenvalue weighted by molar-refractivity contribution is 0.0698. The maximum Gasteiger partial charge on any atom is 0.339 e. The highest BCUT2D eigenvalue weighted by molar-refractivity contribution is 6.01. The fourth-order valence-corrected chi connectivity index (χ4v) is 2.17. The second kappa shape index (κ2) is 3.73. The number of fused-ring (bicyclic) bond motifs is 1. The molecule has 0 spiro atoms. The molecule has 2 N–H and O–H groups in total. The largest absolute Gasteiger partial charge is 0.478 e. The third kappa shape index (κ3) is 1.41. The smallest absolute Gasteiger partial charge is 0.339 e. The summed E-state index contributed by atoms with van der Waals surface area (Å²) in [6.45, 7) is 0. The molecule has 1 aromatic carbocycles. The Morgan fingerprint density at radius 1 is 1.39 bits per heavy atom. The van der Waals surface area contributed by atoms with E-state index in [9.17, 15) is 4.79 Å². The molecule has 0 amide bonds. The Bertz CT molecular complexity index is 740. The number of benzene rings is 1. The van der Waals surface area contributed by atoms with E-state index in [1.54, 1.807) is 0 Å². The average molecular weight is 241 g/mol. The number of carboxylic acids is 1. The number of aryl methyl sites for hydroxylation is 1. The number of nitrogens with zero attached hydrogens (tertiary/aromatic N) is 2. The van der Waals surface area contributed by atoms with Gasteiger partial charge in [0.1, 0.15) is 5.56 Å². The summed E-state index contributed by atoms with van der Waals surface area (Å²) in [7, 11) is 1.96. The van der Waals surface area contributed by atoms with Crippen LogP contribution in [0.15, 0.2) is 36.7 Å². The van der Waals surface area contributed by atoms with E-state index in [2.05, 4.69) is 10.2 Å². The van der Waals surface area contributed by atoms with E-state index in [0.29, 0.717) is 5.69 Å². The van der Waals surface area contributed by atoms with E-state index in [-0.39, 0.29) is 5.56 Å². The molecule has 0 aliphatic heterocycles. The summed E-state index contributed by atoms with van der Waals surface area (Å²) in [5.74, 6) is -0.980. The molecule has 0 fully saturated rings. The normalized spacial score (nSPS) is 10.9. The molecule has 0 aliphatic carbocycles. The monoisotopic (exact) mass is 241 g/mol. The van der Waals surface area contributed by atoms with Crippen molar-refractivity contribution in [1.82, 2.24) is 14.8 Å². The summed E-state index contributed by atoms with van der Waals surface area (Å²) in [6.07, 6.45) is 3.28. The first kappa shape index (κ1) is 10.6. The number of H-pyrrole nitrogens is 1. The van der Waals surface area contributed by atoms with Gasteiger partial charge in [0.15, 0.2) is 0 Å². The molecule has 90 valence electrons. The van der Waals surface area contributed by atoms with Crippen molar-refractivity contribution < 1.29 is 9.90 Å². The first-order valence-corrected chi connectivity index (χ1v) is 5.49. The minimum Gasteiger partial charge on any atom is -0.478 e. The summed E-state index contributed by atoms with van der Waals surface area (Å²) >= 11 is 0. The van der Waals surface area contributed by atoms with Crippen molar-refractivity contribution in [3.8, 4) is 11.3 Å². The van der Waals surface area contributed by atoms with Gasteiger partial charge in [0, 0.05) is 29.7 Å². The van der Waals surface area contributed by atoms with Gasteiger partial charge in [-0.05, 0) is 12.1 Å². The minimum absolute atomic E-state index is 0.186. The highest BCUT2D eigenvalue weighted by atomic mass is 16.4. The van der Waals surface area contributed by atoms with Crippen LogP contribution in [0.4, 0.5) is 0 Å². The molecule has 0 aliphatic rings. The second-order valence-electron chi connectivity index (χ2n) is 4.13. The number of rotatable bonds is 2. The zero-order valence-electron chi connectivity index (χ0n) is 9.71. The van der Waals surface area contributed by atoms with Crippen molar-refractivity contribution in [2.45, 2.75) is 0 Å². The van der Waals surface area contributed by atoms with E-state index in [0.717, 1.165) is 16.5 Å². The molecule has 5 heteroatoms. The van der Waals surface area contributed by atoms with Crippen molar-refractivity contribution in [2.75, 3.05) is 0 Å². The molecule has 2 aromatic heterocycles. The van der Waals surface area contributed by atoms with Crippen LogP contribution in [-0.4, -0.2) is 25.8 Å². The first-order valence-electron chi connectivity index (χ1n) is 5.49. The zero-order chi connectivity index (χ0) is 12.7. The predicted octanol–water partition coefficient (Wildman–Crippen LogP) is 2.27. The molecule has 2 heterocycles. The molecule has 0 saturated heterocycles. The van der Waals surface area contributed by atoms with Crippen LogP contribution in [0.2, 0.25) is 0 Å². The van der Waals surface area contributed by atoms with E-state index >= 15 is 0 Å². The number of aromatic carboxylic acids is 1. The van der Waals surface area contributed by atoms with Gasteiger partial charge in [-0.2, -0.15) is 5.10 Å². The van der Waals surface area contributed by atoms with E-state index < -0.39 is 5.97 Å². The molecular weight excluding hydrogens is 230 g/mol. The van der Waals surface area contributed by atoms with Crippen molar-refractivity contribution in [3.63, 3.8) is 0 Å². The Hall–Kier alpha value is -2.56. The SMILES string of the molecule is Cn1ccc2c(-c3[nH]ncc3C(=O)O)cccc21. The summed E-state index contributed by atoms with van der Waals surface area (Å²) in [6, 6.07) is 7.76. The topological polar surface area (TPSA) is 70.9 Å². The molecule has 18 heavy (non-hydrogen) atoms. The Morgan fingerprint density at radius 2 is 2.22 bits per heavy atom. The predicted molar refractivity (Wildman–Crippen MR) is 67.5 cm³/mol. The van der Waals surface area contributed by atoms with Gasteiger partial charge >= 0.3 is 5.97 Å². The van der Waals surface area contributed by atoms with Crippen molar-refractivity contribution in [1.29, 1.82) is 0 Å². The molecule has 0 saturated carbocycles. The van der Waals surface area contributed by atoms with Gasteiger partial charge in [-0.1, -0.05) is 12.1 Å². The van der Waals surface area contributed by atoms with Crippen molar-refractivity contribution in [2.24, 2.45) is 7.05 Å². The molecule has 0 bridgehead atoms. The van der Waals surface area contributed by atoms with Crippen LogP contribution in [-0.2, 0) is 7.05 Å². The maximum atomic E-state index is 11.1. The number of aromatic nitrogens is 3. The van der Waals surface area contributed by atoms with Crippen LogP contribution in [0.1, 0.15) is 10.4 Å². The number of aromatic amines is 1. The van der Waals surface area contributed by atoms with Gasteiger partial charge in [-0.3, -0.25) is 5.10 Å². The highest BCUT2D eigenvalue weighted by Crippen LogP contribution is 2.29. The van der Waals surface area contributed by atoms with Gasteiger partial charge in [0.05, 0.1) is 11.9 Å². The quantitative estimate of drug-likeness (QED) is 0.723. The van der Waals surface area contributed by atoms with Crippen LogP contribution in [0.25, 0.3) is 22.2 Å². The lowest BCUT2D eigenvalue weighted by atomic mass is 10.0. The highest BCUT2D eigenvalue weighted by Gasteiger charge is 2.16. The minimum atomic E-state index is -0.980. The number of carboxylic acid groups (broad SMARTS) is 1. The van der Waals surface area contributed by atoms with E-state index in [1.165, 1.54) is 6.20 Å². The summed E-state index contributed by atoms with van der Waals surface area (Å²) in [4.78, 5) is 11.1. The van der Waals surface area contributed by atoms with Gasteiger partial charge < -0.3 is 9.67 Å². The van der Waals surface area contributed by atoms with Crippen molar-refractivity contribution in [3.05, 3.63) is 42.2 Å². The van der Waals surface area contributed by atoms with Crippen LogP contribution in [0, 0.1) is 0 Å². The van der Waals surface area contributed by atoms with Crippen molar-refractivity contribution >= 4 is 16.9 Å². The van der Waals surface area contributed by atoms with Gasteiger partial charge in [-0.25, -0.2) is 4.79 Å². The summed E-state index contributed by atoms with van der Waals surface area (Å²) in [5.41, 5.74) is 2.63. The first-order chi connectivity index (χ1) is 8.68. The van der Waals surface area contributed by atoms with Crippen LogP contribution < -0.4 is 0 Å². The van der Waals surface area contributed by atoms with E-state index in [4.69, 9.17) is 5.11 Å². The lowest BCUT2D eigenvalue weighted by Crippen LogP contribution is -1.97. The standard InChI is InChI=1S/C13H11N3O2/c1-16-6-5-8-9(3-2-4-11(8)16)12-10(13(17)18)7-14-15-12/h2-7H,1H3,(H,14,15)(H,17,18). The third-order valence-corrected chi connectivity index (χ3v) is 3.07. The third-order valence-electron chi connectivity index (χ3n) is 3.07. The van der Waals surface area contributed by atoms with Crippen LogP contribution in [0.3, 0.4) is 0 Å². The second-order valence-corrected chi connectivity index (χ2v) is 4.13. The molecule has 3 rings (SSSR count). The Labute approximate surface area is 103 Å².